The fourth-order valence-electron chi connectivity index (χ4n) is 5.82. The molecule has 0 radical (unpaired) electrons. The van der Waals surface area contributed by atoms with Gasteiger partial charge in [-0.2, -0.15) is 5.10 Å². The van der Waals surface area contributed by atoms with Gasteiger partial charge in [-0.15, -0.1) is 0 Å². The highest BCUT2D eigenvalue weighted by molar-refractivity contribution is 6.23. The van der Waals surface area contributed by atoms with Crippen LogP contribution in [-0.2, 0) is 9.59 Å². The van der Waals surface area contributed by atoms with E-state index < -0.39 is 23.8 Å². The van der Waals surface area contributed by atoms with Gasteiger partial charge in [-0.05, 0) is 68.4 Å². The van der Waals surface area contributed by atoms with E-state index in [4.69, 9.17) is 5.10 Å². The average molecular weight is 499 g/mol. The van der Waals surface area contributed by atoms with Gasteiger partial charge in [0.1, 0.15) is 6.04 Å². The topological polar surface area (TPSA) is 126 Å². The minimum atomic E-state index is -0.957. The van der Waals surface area contributed by atoms with Gasteiger partial charge in [0.25, 0.3) is 11.8 Å². The molecule has 7 rings (SSSR count). The third-order valence-electron chi connectivity index (χ3n) is 8.05. The fraction of sp³-hybridized carbons (Fsp3) is 0.407. The summed E-state index contributed by atoms with van der Waals surface area (Å²) in [5.41, 5.74) is 3.49. The number of aromatic nitrogens is 3. The minimum absolute atomic E-state index is 0.102. The molecule has 4 heterocycles. The number of pyridine rings is 1. The highest BCUT2D eigenvalue weighted by atomic mass is 16.2. The van der Waals surface area contributed by atoms with Crippen LogP contribution in [0.2, 0.25) is 0 Å². The van der Waals surface area contributed by atoms with Crippen molar-refractivity contribution >= 4 is 40.3 Å². The lowest BCUT2D eigenvalue weighted by Crippen LogP contribution is -2.54. The van der Waals surface area contributed by atoms with Crippen LogP contribution in [-0.4, -0.2) is 55.9 Å². The maximum atomic E-state index is 13.0. The molecule has 2 aliphatic heterocycles. The fourth-order valence-corrected chi connectivity index (χ4v) is 5.82. The molecule has 0 spiro atoms. The van der Waals surface area contributed by atoms with Crippen LogP contribution in [0.5, 0.6) is 0 Å². The van der Waals surface area contributed by atoms with E-state index in [1.807, 2.05) is 12.3 Å². The number of imide groups is 2. The molecule has 2 aromatic heterocycles. The first kappa shape index (κ1) is 22.1. The molecule has 37 heavy (non-hydrogen) atoms. The summed E-state index contributed by atoms with van der Waals surface area (Å²) in [6, 6.07) is 8.59. The number of nitrogens with one attached hydrogen (secondary N) is 2. The van der Waals surface area contributed by atoms with Crippen molar-refractivity contribution in [1.29, 1.82) is 0 Å². The Bertz CT molecular complexity index is 1490. The van der Waals surface area contributed by atoms with Gasteiger partial charge in [0.15, 0.2) is 5.65 Å². The van der Waals surface area contributed by atoms with E-state index in [0.717, 1.165) is 35.6 Å². The van der Waals surface area contributed by atoms with Crippen molar-refractivity contribution in [3.63, 3.8) is 0 Å². The van der Waals surface area contributed by atoms with Gasteiger partial charge in [0.05, 0.1) is 22.9 Å². The predicted molar refractivity (Wildman–Crippen MR) is 133 cm³/mol. The summed E-state index contributed by atoms with van der Waals surface area (Å²) in [7, 11) is 0. The monoisotopic (exact) mass is 498 g/mol. The molecule has 1 atom stereocenters. The van der Waals surface area contributed by atoms with E-state index in [9.17, 15) is 19.2 Å². The maximum absolute atomic E-state index is 13.0. The average Bonchev–Trinajstić information content (AvgIpc) is 3.60. The van der Waals surface area contributed by atoms with Gasteiger partial charge in [0.2, 0.25) is 11.8 Å². The number of carbonyl (C=O) groups excluding carboxylic acids is 4. The minimum Gasteiger partial charge on any atom is -0.385 e. The van der Waals surface area contributed by atoms with Crippen molar-refractivity contribution in [2.24, 2.45) is 5.92 Å². The number of piperidine rings is 1. The summed E-state index contributed by atoms with van der Waals surface area (Å²) in [5.74, 6) is -0.940. The summed E-state index contributed by atoms with van der Waals surface area (Å²) in [6.45, 7) is 0.746. The van der Waals surface area contributed by atoms with Gasteiger partial charge >= 0.3 is 0 Å². The number of anilines is 1. The van der Waals surface area contributed by atoms with Crippen LogP contribution in [0.3, 0.4) is 0 Å². The van der Waals surface area contributed by atoms with Crippen molar-refractivity contribution in [1.82, 2.24) is 25.0 Å². The molecule has 1 saturated heterocycles. The van der Waals surface area contributed by atoms with E-state index in [-0.39, 0.29) is 29.9 Å². The Hall–Kier alpha value is -4.08. The highest BCUT2D eigenvalue weighted by Gasteiger charge is 2.44. The SMILES string of the molecule is O=C1CCC(N2C(=O)c3ccc(NC[C@H]4C[C@H](n5nc(C6CC6)c6cccnc65)C4)cc3C2=O)C(=O)N1. The van der Waals surface area contributed by atoms with Gasteiger partial charge in [0, 0.05) is 36.2 Å². The number of hydrogen-bond acceptors (Lipinski definition) is 7. The van der Waals surface area contributed by atoms with E-state index in [2.05, 4.69) is 26.4 Å². The van der Waals surface area contributed by atoms with Gasteiger partial charge in [-0.1, -0.05) is 0 Å². The first-order chi connectivity index (χ1) is 18.0. The van der Waals surface area contributed by atoms with Crippen LogP contribution in [0.25, 0.3) is 11.0 Å². The number of carbonyl (C=O) groups is 4. The second-order valence-corrected chi connectivity index (χ2v) is 10.6. The van der Waals surface area contributed by atoms with Gasteiger partial charge in [-0.25, -0.2) is 9.67 Å². The zero-order chi connectivity index (χ0) is 25.3. The predicted octanol–water partition coefficient (Wildman–Crippen LogP) is 2.77. The Morgan fingerprint density at radius 1 is 1.00 bits per heavy atom. The number of fused-ring (bicyclic) bond motifs is 2. The molecular weight excluding hydrogens is 472 g/mol. The summed E-state index contributed by atoms with van der Waals surface area (Å²) >= 11 is 0. The van der Waals surface area contributed by atoms with E-state index in [1.54, 1.807) is 18.2 Å². The molecule has 3 aromatic rings. The number of benzene rings is 1. The Kier molecular flexibility index (Phi) is 4.92. The Labute approximate surface area is 212 Å². The summed E-state index contributed by atoms with van der Waals surface area (Å²) in [4.78, 5) is 55.3. The number of amides is 4. The van der Waals surface area contributed by atoms with Gasteiger partial charge in [-0.3, -0.25) is 29.4 Å². The van der Waals surface area contributed by atoms with Crippen LogP contribution in [0.15, 0.2) is 36.5 Å². The number of rotatable bonds is 6. The number of hydrogen-bond donors (Lipinski definition) is 2. The zero-order valence-electron chi connectivity index (χ0n) is 20.1. The molecule has 0 bridgehead atoms. The van der Waals surface area contributed by atoms with E-state index in [1.165, 1.54) is 23.9 Å². The molecule has 10 heteroatoms. The van der Waals surface area contributed by atoms with Gasteiger partial charge < -0.3 is 5.32 Å². The molecule has 1 aromatic carbocycles. The number of nitrogens with zero attached hydrogens (tertiary/aromatic N) is 4. The van der Waals surface area contributed by atoms with Crippen LogP contribution in [0.4, 0.5) is 5.69 Å². The Morgan fingerprint density at radius 3 is 2.59 bits per heavy atom. The molecule has 3 fully saturated rings. The molecule has 4 aliphatic rings. The molecule has 2 N–H and O–H groups in total. The lowest BCUT2D eigenvalue weighted by Gasteiger charge is -2.35. The second kappa shape index (κ2) is 8.22. The standard InChI is InChI=1S/C27H26N6O4/c34-22-8-7-21(25(35)30-22)32-26(36)18-6-5-16(12-20(18)27(32)37)29-13-14-10-17(11-14)33-24-19(2-1-9-28-24)23(31-33)15-3-4-15/h1-2,5-6,9,12,14-15,17,21,29H,3-4,7-8,10-11,13H2,(H,30,34,35)/t14-,17-,21?. The second-order valence-electron chi connectivity index (χ2n) is 10.6. The zero-order valence-corrected chi connectivity index (χ0v) is 20.1. The summed E-state index contributed by atoms with van der Waals surface area (Å²) < 4.78 is 2.11. The van der Waals surface area contributed by atoms with E-state index >= 15 is 0 Å². The lowest BCUT2D eigenvalue weighted by molar-refractivity contribution is -0.136. The molecule has 10 nitrogen and oxygen atoms in total. The quantitative estimate of drug-likeness (QED) is 0.501. The smallest absolute Gasteiger partial charge is 0.262 e. The van der Waals surface area contributed by atoms with Crippen molar-refractivity contribution < 1.29 is 19.2 Å². The largest absolute Gasteiger partial charge is 0.385 e. The van der Waals surface area contributed by atoms with Crippen LogP contribution in [0, 0.1) is 5.92 Å². The highest BCUT2D eigenvalue weighted by Crippen LogP contribution is 2.45. The van der Waals surface area contributed by atoms with Crippen LogP contribution >= 0.6 is 0 Å². The Balaban J connectivity index is 1.01. The molecule has 188 valence electrons. The first-order valence-electron chi connectivity index (χ1n) is 12.9. The molecule has 1 unspecified atom stereocenters. The first-order valence-corrected chi connectivity index (χ1v) is 12.9. The molecule has 4 amide bonds. The third kappa shape index (κ3) is 3.61. The van der Waals surface area contributed by atoms with Crippen molar-refractivity contribution in [3.05, 3.63) is 53.3 Å². The summed E-state index contributed by atoms with van der Waals surface area (Å²) in [6.07, 6.45) is 6.48. The molecule has 2 aliphatic carbocycles. The molecular formula is C27H26N6O4. The lowest BCUT2D eigenvalue weighted by atomic mass is 9.80. The van der Waals surface area contributed by atoms with Crippen molar-refractivity contribution in [3.8, 4) is 0 Å². The van der Waals surface area contributed by atoms with Crippen molar-refractivity contribution in [2.75, 3.05) is 11.9 Å². The van der Waals surface area contributed by atoms with Crippen molar-refractivity contribution in [2.45, 2.75) is 56.5 Å². The Morgan fingerprint density at radius 2 is 1.81 bits per heavy atom. The molecule has 2 saturated carbocycles. The van der Waals surface area contributed by atoms with E-state index in [0.29, 0.717) is 17.9 Å². The van der Waals surface area contributed by atoms with Crippen LogP contribution < -0.4 is 10.6 Å². The maximum Gasteiger partial charge on any atom is 0.262 e. The summed E-state index contributed by atoms with van der Waals surface area (Å²) in [5, 5.41) is 11.8. The normalized spacial score (nSPS) is 25.3. The van der Waals surface area contributed by atoms with Crippen LogP contribution in [0.1, 0.15) is 76.9 Å². The third-order valence-corrected chi connectivity index (χ3v) is 8.05.